The van der Waals surface area contributed by atoms with Gasteiger partial charge in [-0.15, -0.1) is 0 Å². The van der Waals surface area contributed by atoms with Crippen molar-refractivity contribution in [2.75, 3.05) is 37.0 Å². The molecule has 0 aliphatic heterocycles. The van der Waals surface area contributed by atoms with Gasteiger partial charge < -0.3 is 18.6 Å². The molecule has 6 heteroatoms. The highest BCUT2D eigenvalue weighted by Gasteiger charge is 2.11. The second-order valence-corrected chi connectivity index (χ2v) is 11.4. The molecule has 0 unspecified atom stereocenters. The average Bonchev–Trinajstić information content (AvgIpc) is 3.07. The lowest BCUT2D eigenvalue weighted by Gasteiger charge is -2.15. The van der Waals surface area contributed by atoms with Crippen LogP contribution in [0.5, 0.6) is 0 Å². The highest BCUT2D eigenvalue weighted by atomic mass is 16.4. The Morgan fingerprint density at radius 2 is 1.09 bits per heavy atom. The van der Waals surface area contributed by atoms with Gasteiger partial charge in [-0.3, -0.25) is 0 Å². The Morgan fingerprint density at radius 1 is 0.556 bits per heavy atom. The SMILES string of the molecule is CCN(C)c1cc(Cc2ccc3cc(C=Cc4ccc5cc(-c6coc(=O)c(N(C)CC)c6)ccc5c4)ccc3c2)coc1=O. The molecular weight excluding hydrogens is 560 g/mol. The number of hydrogen-bond acceptors (Lipinski definition) is 6. The quantitative estimate of drug-likeness (QED) is 0.157. The summed E-state index contributed by atoms with van der Waals surface area (Å²) >= 11 is 0. The smallest absolute Gasteiger partial charge is 0.359 e. The summed E-state index contributed by atoms with van der Waals surface area (Å²) in [6, 6.07) is 29.5. The maximum Gasteiger partial charge on any atom is 0.359 e. The van der Waals surface area contributed by atoms with Crippen molar-refractivity contribution in [2.24, 2.45) is 0 Å². The molecule has 2 heterocycles. The van der Waals surface area contributed by atoms with Crippen molar-refractivity contribution in [3.63, 3.8) is 0 Å². The van der Waals surface area contributed by atoms with E-state index in [0.717, 1.165) is 57.2 Å². The van der Waals surface area contributed by atoms with Crippen LogP contribution in [0.4, 0.5) is 11.4 Å². The standard InChI is InChI=1S/C39H36N2O4/c1-5-40(3)36-21-29(24-44-38(36)42)17-28-11-14-30-18-26(9-12-31(30)20-28)7-8-27-10-13-33-22-34(16-15-32(33)19-27)35-23-37(41(4)6-2)39(43)45-25-35/h7-16,18-25H,5-6,17H2,1-4H3. The van der Waals surface area contributed by atoms with Crippen molar-refractivity contribution in [1.82, 2.24) is 0 Å². The molecule has 226 valence electrons. The van der Waals surface area contributed by atoms with E-state index in [1.165, 1.54) is 17.0 Å². The minimum Gasteiger partial charge on any atom is -0.430 e. The second kappa shape index (κ2) is 12.7. The fourth-order valence-electron chi connectivity index (χ4n) is 5.50. The number of fused-ring (bicyclic) bond motifs is 2. The van der Waals surface area contributed by atoms with Crippen LogP contribution in [-0.2, 0) is 6.42 Å². The van der Waals surface area contributed by atoms with Crippen LogP contribution in [0.15, 0.2) is 116 Å². The first-order chi connectivity index (χ1) is 21.8. The van der Waals surface area contributed by atoms with Gasteiger partial charge in [0.05, 0.1) is 6.26 Å². The van der Waals surface area contributed by atoms with E-state index in [-0.39, 0.29) is 11.3 Å². The normalized spacial score (nSPS) is 11.5. The van der Waals surface area contributed by atoms with Gasteiger partial charge in [0.2, 0.25) is 0 Å². The third kappa shape index (κ3) is 6.46. The van der Waals surface area contributed by atoms with E-state index in [4.69, 9.17) is 8.83 Å². The van der Waals surface area contributed by atoms with Gasteiger partial charge in [-0.05, 0) is 93.5 Å². The molecule has 0 aliphatic rings. The van der Waals surface area contributed by atoms with E-state index in [0.29, 0.717) is 17.8 Å². The van der Waals surface area contributed by atoms with Crippen LogP contribution in [0.25, 0.3) is 44.8 Å². The van der Waals surface area contributed by atoms with Crippen molar-refractivity contribution < 1.29 is 8.83 Å². The summed E-state index contributed by atoms with van der Waals surface area (Å²) in [6.45, 7) is 5.47. The van der Waals surface area contributed by atoms with Gasteiger partial charge in [-0.1, -0.05) is 66.7 Å². The van der Waals surface area contributed by atoms with Gasteiger partial charge in [0.1, 0.15) is 17.6 Å². The van der Waals surface area contributed by atoms with Crippen LogP contribution in [-0.4, -0.2) is 27.2 Å². The molecule has 6 nitrogen and oxygen atoms in total. The lowest BCUT2D eigenvalue weighted by molar-refractivity contribution is 0.504. The predicted molar refractivity (Wildman–Crippen MR) is 186 cm³/mol. The van der Waals surface area contributed by atoms with E-state index in [1.807, 2.05) is 49.9 Å². The van der Waals surface area contributed by atoms with Gasteiger partial charge in [0.15, 0.2) is 0 Å². The van der Waals surface area contributed by atoms with Gasteiger partial charge in [0, 0.05) is 39.2 Å². The lowest BCUT2D eigenvalue weighted by Crippen LogP contribution is -2.22. The third-order valence-corrected chi connectivity index (χ3v) is 8.42. The van der Waals surface area contributed by atoms with Gasteiger partial charge in [-0.25, -0.2) is 9.59 Å². The Balaban J connectivity index is 1.18. The Hall–Kier alpha value is -5.36. The molecule has 6 rings (SSSR count). The van der Waals surface area contributed by atoms with E-state index >= 15 is 0 Å². The average molecular weight is 597 g/mol. The molecule has 0 atom stereocenters. The Morgan fingerprint density at radius 3 is 1.73 bits per heavy atom. The zero-order valence-corrected chi connectivity index (χ0v) is 26.0. The van der Waals surface area contributed by atoms with Crippen molar-refractivity contribution in [2.45, 2.75) is 20.3 Å². The maximum absolute atomic E-state index is 12.2. The van der Waals surface area contributed by atoms with Crippen molar-refractivity contribution in [1.29, 1.82) is 0 Å². The molecule has 0 radical (unpaired) electrons. The number of hydrogen-bond donors (Lipinski definition) is 0. The molecule has 0 aliphatic carbocycles. The maximum atomic E-state index is 12.2. The summed E-state index contributed by atoms with van der Waals surface area (Å²) in [5.41, 5.74) is 6.76. The third-order valence-electron chi connectivity index (χ3n) is 8.42. The zero-order valence-electron chi connectivity index (χ0n) is 26.0. The Kier molecular flexibility index (Phi) is 8.39. The molecule has 0 N–H and O–H groups in total. The van der Waals surface area contributed by atoms with Crippen LogP contribution < -0.4 is 21.1 Å². The van der Waals surface area contributed by atoms with Crippen molar-refractivity contribution >= 4 is 45.1 Å². The zero-order chi connectivity index (χ0) is 31.5. The van der Waals surface area contributed by atoms with Crippen molar-refractivity contribution in [3.05, 3.63) is 141 Å². The Labute approximate surface area is 262 Å². The van der Waals surface area contributed by atoms with E-state index in [1.54, 1.807) is 6.26 Å². The molecule has 0 fully saturated rings. The monoisotopic (exact) mass is 596 g/mol. The largest absolute Gasteiger partial charge is 0.430 e. The molecule has 45 heavy (non-hydrogen) atoms. The molecule has 0 bridgehead atoms. The first-order valence-electron chi connectivity index (χ1n) is 15.2. The van der Waals surface area contributed by atoms with Crippen LogP contribution in [0.2, 0.25) is 0 Å². The highest BCUT2D eigenvalue weighted by Crippen LogP contribution is 2.28. The molecule has 0 saturated carbocycles. The molecule has 0 saturated heterocycles. The molecular formula is C39H36N2O4. The van der Waals surface area contributed by atoms with Gasteiger partial charge in [-0.2, -0.15) is 0 Å². The van der Waals surface area contributed by atoms with Gasteiger partial charge in [0.25, 0.3) is 0 Å². The summed E-state index contributed by atoms with van der Waals surface area (Å²) in [7, 11) is 3.78. The van der Waals surface area contributed by atoms with Crippen LogP contribution in [0.1, 0.15) is 36.1 Å². The second-order valence-electron chi connectivity index (χ2n) is 11.4. The summed E-state index contributed by atoms with van der Waals surface area (Å²) < 4.78 is 10.6. The first kappa shape index (κ1) is 29.7. The van der Waals surface area contributed by atoms with E-state index in [2.05, 4.69) is 84.9 Å². The minimum absolute atomic E-state index is 0.311. The minimum atomic E-state index is -0.328. The topological polar surface area (TPSA) is 66.9 Å². The van der Waals surface area contributed by atoms with E-state index < -0.39 is 0 Å². The molecule has 0 spiro atoms. The number of anilines is 2. The number of rotatable bonds is 9. The molecule has 0 amide bonds. The summed E-state index contributed by atoms with van der Waals surface area (Å²) in [4.78, 5) is 28.1. The predicted octanol–water partition coefficient (Wildman–Crippen LogP) is 8.24. The van der Waals surface area contributed by atoms with Crippen molar-refractivity contribution in [3.8, 4) is 11.1 Å². The summed E-state index contributed by atoms with van der Waals surface area (Å²) in [5, 5.41) is 4.60. The molecule has 2 aromatic heterocycles. The number of nitrogens with zero attached hydrogens (tertiary/aromatic N) is 2. The number of benzene rings is 4. The Bertz CT molecular complexity index is 2160. The summed E-state index contributed by atoms with van der Waals surface area (Å²) in [6.07, 6.45) is 8.05. The first-order valence-corrected chi connectivity index (χ1v) is 15.2. The molecule has 4 aromatic carbocycles. The summed E-state index contributed by atoms with van der Waals surface area (Å²) in [5.74, 6) is 0. The van der Waals surface area contributed by atoms with E-state index in [9.17, 15) is 9.59 Å². The van der Waals surface area contributed by atoms with Crippen LogP contribution in [0, 0.1) is 0 Å². The van der Waals surface area contributed by atoms with Gasteiger partial charge >= 0.3 is 11.3 Å². The van der Waals surface area contributed by atoms with Crippen LogP contribution >= 0.6 is 0 Å². The fraction of sp³-hybridized carbons (Fsp3) is 0.179. The van der Waals surface area contributed by atoms with Crippen LogP contribution in [0.3, 0.4) is 0 Å². The lowest BCUT2D eigenvalue weighted by atomic mass is 9.99. The fourth-order valence-corrected chi connectivity index (χ4v) is 5.50. The molecule has 6 aromatic rings. The highest BCUT2D eigenvalue weighted by molar-refractivity contribution is 5.91.